The molecule has 1 atom stereocenters. The van der Waals surface area contributed by atoms with Crippen LogP contribution < -0.4 is 5.32 Å². The Morgan fingerprint density at radius 3 is 2.36 bits per heavy atom. The second-order valence-electron chi connectivity index (χ2n) is 11.3. The van der Waals surface area contributed by atoms with Crippen molar-refractivity contribution in [3.8, 4) is 0 Å². The van der Waals surface area contributed by atoms with Gasteiger partial charge in [0.1, 0.15) is 11.2 Å². The van der Waals surface area contributed by atoms with Gasteiger partial charge in [-0.3, -0.25) is 14.5 Å². The summed E-state index contributed by atoms with van der Waals surface area (Å²) in [5, 5.41) is 4.74. The van der Waals surface area contributed by atoms with Crippen LogP contribution in [0.2, 0.25) is 5.02 Å². The number of halogens is 1. The van der Waals surface area contributed by atoms with E-state index in [2.05, 4.69) is 27.1 Å². The molecule has 3 fully saturated rings. The smallest absolute Gasteiger partial charge is 0.268 e. The van der Waals surface area contributed by atoms with E-state index in [9.17, 15) is 9.59 Å². The Hall–Kier alpha value is -2.09. The van der Waals surface area contributed by atoms with Gasteiger partial charge in [-0.25, -0.2) is 0 Å². The van der Waals surface area contributed by atoms with Gasteiger partial charge in [0.05, 0.1) is 0 Å². The summed E-state index contributed by atoms with van der Waals surface area (Å²) < 4.78 is 0. The fourth-order valence-corrected chi connectivity index (χ4v) is 6.70. The number of likely N-dealkylation sites (tertiary alicyclic amines) is 1. The molecule has 2 aromatic rings. The molecule has 7 nitrogen and oxygen atoms in total. The summed E-state index contributed by atoms with van der Waals surface area (Å²) in [7, 11) is 2.19. The van der Waals surface area contributed by atoms with E-state index in [0.29, 0.717) is 16.8 Å². The van der Waals surface area contributed by atoms with Crippen LogP contribution in [0.15, 0.2) is 24.3 Å². The van der Waals surface area contributed by atoms with Crippen LogP contribution in [-0.2, 0) is 4.79 Å². The van der Waals surface area contributed by atoms with E-state index < -0.39 is 5.54 Å². The maximum absolute atomic E-state index is 14.1. The van der Waals surface area contributed by atoms with Crippen molar-refractivity contribution in [1.82, 2.24) is 25.0 Å². The normalized spacial score (nSPS) is 23.0. The number of carbonyl (C=O) groups is 2. The average Bonchev–Trinajstić information content (AvgIpc) is 3.33. The molecule has 0 spiro atoms. The summed E-state index contributed by atoms with van der Waals surface area (Å²) in [5.41, 5.74) is 0.414. The molecule has 8 heteroatoms. The molecular weight excluding hydrogens is 474 g/mol. The molecule has 1 aromatic carbocycles. The minimum absolute atomic E-state index is 0.0740. The Morgan fingerprint density at radius 2 is 1.67 bits per heavy atom. The first kappa shape index (κ1) is 25.6. The Kier molecular flexibility index (Phi) is 7.61. The molecule has 2 amide bonds. The molecule has 2 saturated heterocycles. The summed E-state index contributed by atoms with van der Waals surface area (Å²) in [4.78, 5) is 37.7. The predicted molar refractivity (Wildman–Crippen MR) is 144 cm³/mol. The third-order valence-corrected chi connectivity index (χ3v) is 9.11. The molecule has 196 valence electrons. The van der Waals surface area contributed by atoms with Gasteiger partial charge in [-0.05, 0) is 82.9 Å². The number of carbonyl (C=O) groups excluding carboxylic acids is 2. The van der Waals surface area contributed by atoms with Gasteiger partial charge in [0.15, 0.2) is 0 Å². The summed E-state index contributed by atoms with van der Waals surface area (Å²) >= 11 is 6.14. The molecular formula is C28H40ClN5O2. The number of piperidine rings is 1. The fourth-order valence-electron chi connectivity index (χ4n) is 6.52. The van der Waals surface area contributed by atoms with E-state index >= 15 is 0 Å². The third-order valence-electron chi connectivity index (χ3n) is 8.87. The molecule has 3 heterocycles. The molecule has 2 aliphatic heterocycles. The number of aromatic amines is 1. The van der Waals surface area contributed by atoms with Gasteiger partial charge in [0.25, 0.3) is 5.91 Å². The van der Waals surface area contributed by atoms with Crippen molar-refractivity contribution in [3.63, 3.8) is 0 Å². The lowest BCUT2D eigenvalue weighted by Gasteiger charge is -2.46. The lowest BCUT2D eigenvalue weighted by Crippen LogP contribution is -2.65. The number of aromatic nitrogens is 1. The zero-order chi connectivity index (χ0) is 25.3. The number of amides is 2. The number of nitrogens with one attached hydrogen (secondary N) is 2. The van der Waals surface area contributed by atoms with Crippen molar-refractivity contribution in [2.24, 2.45) is 5.92 Å². The van der Waals surface area contributed by atoms with Gasteiger partial charge in [-0.2, -0.15) is 0 Å². The van der Waals surface area contributed by atoms with E-state index in [0.717, 1.165) is 75.9 Å². The minimum atomic E-state index is -0.915. The van der Waals surface area contributed by atoms with Crippen molar-refractivity contribution < 1.29 is 9.59 Å². The van der Waals surface area contributed by atoms with Crippen molar-refractivity contribution in [2.75, 3.05) is 46.3 Å². The Balaban J connectivity index is 1.30. The van der Waals surface area contributed by atoms with E-state index in [1.807, 2.05) is 36.1 Å². The molecule has 0 bridgehead atoms. The standard InChI is InChI=1S/C28H40ClN5O2/c1-28(21-6-4-3-5-7-21,31-26(35)25-19-20-18-22(29)8-9-24(20)30-25)27(36)34-16-14-33(15-17-34)23-10-12-32(2)13-11-23/h8-9,18-19,21,23,30H,3-7,10-17H2,1-2H3,(H,31,35)/t28-/m0/s1. The van der Waals surface area contributed by atoms with Gasteiger partial charge in [-0.15, -0.1) is 0 Å². The maximum Gasteiger partial charge on any atom is 0.268 e. The van der Waals surface area contributed by atoms with Crippen LogP contribution in [0, 0.1) is 5.92 Å². The number of H-pyrrole nitrogens is 1. The first-order valence-electron chi connectivity index (χ1n) is 13.7. The zero-order valence-electron chi connectivity index (χ0n) is 21.7. The van der Waals surface area contributed by atoms with Gasteiger partial charge < -0.3 is 20.1 Å². The molecule has 0 radical (unpaired) electrons. The minimum Gasteiger partial charge on any atom is -0.351 e. The van der Waals surface area contributed by atoms with E-state index in [1.165, 1.54) is 19.3 Å². The lowest BCUT2D eigenvalue weighted by atomic mass is 9.74. The lowest BCUT2D eigenvalue weighted by molar-refractivity contribution is -0.142. The number of piperazine rings is 1. The highest BCUT2D eigenvalue weighted by molar-refractivity contribution is 6.31. The van der Waals surface area contributed by atoms with E-state index in [4.69, 9.17) is 11.6 Å². The summed E-state index contributed by atoms with van der Waals surface area (Å²) in [6.45, 7) is 7.55. The molecule has 5 rings (SSSR count). The van der Waals surface area contributed by atoms with Crippen LogP contribution >= 0.6 is 11.6 Å². The molecule has 36 heavy (non-hydrogen) atoms. The van der Waals surface area contributed by atoms with Crippen molar-refractivity contribution in [1.29, 1.82) is 0 Å². The van der Waals surface area contributed by atoms with E-state index in [-0.39, 0.29) is 17.7 Å². The van der Waals surface area contributed by atoms with Crippen LogP contribution in [0.5, 0.6) is 0 Å². The Bertz CT molecular complexity index is 1080. The zero-order valence-corrected chi connectivity index (χ0v) is 22.4. The second kappa shape index (κ2) is 10.7. The first-order valence-corrected chi connectivity index (χ1v) is 14.0. The molecule has 1 saturated carbocycles. The summed E-state index contributed by atoms with van der Waals surface area (Å²) in [6.07, 6.45) is 7.77. The molecule has 2 N–H and O–H groups in total. The van der Waals surface area contributed by atoms with Gasteiger partial charge in [-0.1, -0.05) is 30.9 Å². The van der Waals surface area contributed by atoms with Crippen LogP contribution in [0.3, 0.4) is 0 Å². The summed E-state index contributed by atoms with van der Waals surface area (Å²) in [5.74, 6) is -0.00734. The largest absolute Gasteiger partial charge is 0.351 e. The Morgan fingerprint density at radius 1 is 0.972 bits per heavy atom. The van der Waals surface area contributed by atoms with Crippen LogP contribution in [0.1, 0.15) is 62.4 Å². The molecule has 3 aliphatic rings. The fraction of sp³-hybridized carbons (Fsp3) is 0.643. The Labute approximate surface area is 219 Å². The number of hydrogen-bond donors (Lipinski definition) is 2. The van der Waals surface area contributed by atoms with Crippen molar-refractivity contribution >= 4 is 34.3 Å². The predicted octanol–water partition coefficient (Wildman–Crippen LogP) is 4.13. The maximum atomic E-state index is 14.1. The first-order chi connectivity index (χ1) is 17.3. The summed E-state index contributed by atoms with van der Waals surface area (Å²) in [6, 6.07) is 7.98. The number of hydrogen-bond acceptors (Lipinski definition) is 4. The van der Waals surface area contributed by atoms with Gasteiger partial charge in [0.2, 0.25) is 5.91 Å². The topological polar surface area (TPSA) is 71.7 Å². The highest BCUT2D eigenvalue weighted by Gasteiger charge is 2.46. The van der Waals surface area contributed by atoms with Gasteiger partial charge >= 0.3 is 0 Å². The van der Waals surface area contributed by atoms with Crippen LogP contribution in [0.4, 0.5) is 0 Å². The highest BCUT2D eigenvalue weighted by Crippen LogP contribution is 2.35. The molecule has 1 aromatic heterocycles. The quantitative estimate of drug-likeness (QED) is 0.630. The van der Waals surface area contributed by atoms with Crippen molar-refractivity contribution in [3.05, 3.63) is 35.0 Å². The number of rotatable bonds is 5. The number of nitrogens with zero attached hydrogens (tertiary/aromatic N) is 3. The SMILES string of the molecule is CN1CCC(N2CCN(C(=O)[C@@](C)(NC(=O)c3cc4cc(Cl)ccc4[nH]3)C3CCCCC3)CC2)CC1. The molecule has 0 unspecified atom stereocenters. The highest BCUT2D eigenvalue weighted by atomic mass is 35.5. The number of benzene rings is 1. The molecule has 1 aliphatic carbocycles. The average molecular weight is 514 g/mol. The van der Waals surface area contributed by atoms with Gasteiger partial charge in [0, 0.05) is 48.1 Å². The second-order valence-corrected chi connectivity index (χ2v) is 11.7. The van der Waals surface area contributed by atoms with Crippen molar-refractivity contribution in [2.45, 2.75) is 63.5 Å². The number of fused-ring (bicyclic) bond motifs is 1. The van der Waals surface area contributed by atoms with E-state index in [1.54, 1.807) is 0 Å². The third kappa shape index (κ3) is 5.29. The van der Waals surface area contributed by atoms with Crippen LogP contribution in [-0.4, -0.2) is 89.4 Å². The van der Waals surface area contributed by atoms with Crippen LogP contribution in [0.25, 0.3) is 10.9 Å². The monoisotopic (exact) mass is 513 g/mol.